The van der Waals surface area contributed by atoms with Gasteiger partial charge in [0.2, 0.25) is 0 Å². The molecule has 1 N–H and O–H groups in total. The second-order valence-corrected chi connectivity index (χ2v) is 7.40. The number of methoxy groups -OCH3 is 1. The zero-order valence-electron chi connectivity index (χ0n) is 15.3. The van der Waals surface area contributed by atoms with Crippen LogP contribution in [0.25, 0.3) is 0 Å². The molecule has 1 aromatic carbocycles. The fourth-order valence-corrected chi connectivity index (χ4v) is 4.07. The quantitative estimate of drug-likeness (QED) is 0.902. The third-order valence-corrected chi connectivity index (χ3v) is 5.86. The largest absolute Gasteiger partial charge is 0.496 e. The smallest absolute Gasteiger partial charge is 0.317 e. The molecule has 5 heteroatoms. The summed E-state index contributed by atoms with van der Waals surface area (Å²) in [6.07, 6.45) is 5.48. The summed E-state index contributed by atoms with van der Waals surface area (Å²) in [7, 11) is 7.84. The molecule has 0 heterocycles. The van der Waals surface area contributed by atoms with Crippen molar-refractivity contribution in [2.75, 3.05) is 34.8 Å². The number of carbonyl (C=O) groups is 1. The molecule has 0 bridgehead atoms. The summed E-state index contributed by atoms with van der Waals surface area (Å²) < 4.78 is 5.44. The van der Waals surface area contributed by atoms with E-state index in [1.54, 1.807) is 7.11 Å². The van der Waals surface area contributed by atoms with Crippen LogP contribution in [0.2, 0.25) is 0 Å². The second kappa shape index (κ2) is 6.63. The first-order chi connectivity index (χ1) is 11.5. The Balaban J connectivity index is 1.64. The van der Waals surface area contributed by atoms with E-state index in [4.69, 9.17) is 4.74 Å². The summed E-state index contributed by atoms with van der Waals surface area (Å²) in [5, 5.41) is 3.21. The van der Waals surface area contributed by atoms with Crippen molar-refractivity contribution in [2.45, 2.75) is 43.7 Å². The molecule has 1 aromatic rings. The van der Waals surface area contributed by atoms with Gasteiger partial charge in [-0.15, -0.1) is 0 Å². The SMILES string of the molecule is COc1cccc2c1CC[C@H]2NC(=O)N(C)CC1(N(C)C)CCC1. The van der Waals surface area contributed by atoms with Gasteiger partial charge in [-0.05, 0) is 63.4 Å². The molecule has 1 saturated carbocycles. The number of fused-ring (bicyclic) bond motifs is 1. The Kier molecular flexibility index (Phi) is 4.72. The van der Waals surface area contributed by atoms with Crippen LogP contribution in [0.1, 0.15) is 42.9 Å². The highest BCUT2D eigenvalue weighted by Crippen LogP contribution is 2.38. The van der Waals surface area contributed by atoms with Gasteiger partial charge in [-0.1, -0.05) is 12.1 Å². The van der Waals surface area contributed by atoms with Crippen LogP contribution in [0.3, 0.4) is 0 Å². The number of benzene rings is 1. The molecule has 0 aliphatic heterocycles. The van der Waals surface area contributed by atoms with Crippen molar-refractivity contribution in [3.8, 4) is 5.75 Å². The molecule has 0 saturated heterocycles. The highest BCUT2D eigenvalue weighted by molar-refractivity contribution is 5.75. The molecular weight excluding hydrogens is 302 g/mol. The molecule has 0 aromatic heterocycles. The van der Waals surface area contributed by atoms with Crippen LogP contribution in [0.15, 0.2) is 18.2 Å². The number of hydrogen-bond donors (Lipinski definition) is 1. The number of hydrogen-bond acceptors (Lipinski definition) is 3. The molecule has 1 atom stereocenters. The molecule has 3 rings (SSSR count). The molecule has 2 amide bonds. The van der Waals surface area contributed by atoms with Crippen molar-refractivity contribution >= 4 is 6.03 Å². The van der Waals surface area contributed by atoms with E-state index in [0.717, 1.165) is 25.1 Å². The maximum absolute atomic E-state index is 12.7. The monoisotopic (exact) mass is 331 g/mol. The van der Waals surface area contributed by atoms with E-state index in [9.17, 15) is 4.79 Å². The fraction of sp³-hybridized carbons (Fsp3) is 0.632. The van der Waals surface area contributed by atoms with Crippen molar-refractivity contribution in [1.29, 1.82) is 0 Å². The molecule has 24 heavy (non-hydrogen) atoms. The van der Waals surface area contributed by atoms with Gasteiger partial charge in [0.1, 0.15) is 5.75 Å². The summed E-state index contributed by atoms with van der Waals surface area (Å²) in [5.74, 6) is 0.929. The molecule has 0 radical (unpaired) electrons. The molecule has 132 valence electrons. The molecule has 5 nitrogen and oxygen atoms in total. The average molecular weight is 331 g/mol. The summed E-state index contributed by atoms with van der Waals surface area (Å²) in [5.41, 5.74) is 2.59. The Morgan fingerprint density at radius 1 is 1.33 bits per heavy atom. The summed E-state index contributed by atoms with van der Waals surface area (Å²) >= 11 is 0. The van der Waals surface area contributed by atoms with E-state index in [1.165, 1.54) is 30.4 Å². The lowest BCUT2D eigenvalue weighted by molar-refractivity contribution is 0.0360. The predicted molar refractivity (Wildman–Crippen MR) is 95.5 cm³/mol. The van der Waals surface area contributed by atoms with Gasteiger partial charge >= 0.3 is 6.03 Å². The molecule has 0 spiro atoms. The molecule has 2 aliphatic carbocycles. The van der Waals surface area contributed by atoms with Crippen LogP contribution in [0.4, 0.5) is 4.79 Å². The van der Waals surface area contributed by atoms with Gasteiger partial charge in [0, 0.05) is 19.1 Å². The number of ether oxygens (including phenoxy) is 1. The van der Waals surface area contributed by atoms with Crippen molar-refractivity contribution in [1.82, 2.24) is 15.1 Å². The van der Waals surface area contributed by atoms with Gasteiger partial charge in [0.05, 0.1) is 13.2 Å². The number of amides is 2. The Hall–Kier alpha value is -1.75. The van der Waals surface area contributed by atoms with Crippen molar-refractivity contribution < 1.29 is 9.53 Å². The first-order valence-electron chi connectivity index (χ1n) is 8.82. The van der Waals surface area contributed by atoms with Gasteiger partial charge < -0.3 is 19.9 Å². The van der Waals surface area contributed by atoms with Gasteiger partial charge in [-0.25, -0.2) is 4.79 Å². The zero-order valence-corrected chi connectivity index (χ0v) is 15.3. The lowest BCUT2D eigenvalue weighted by Gasteiger charge is -2.49. The molecule has 0 unspecified atom stereocenters. The number of nitrogens with zero attached hydrogens (tertiary/aromatic N) is 2. The molecule has 1 fully saturated rings. The average Bonchev–Trinajstić information content (AvgIpc) is 2.93. The number of urea groups is 1. The number of likely N-dealkylation sites (N-methyl/N-ethyl adjacent to an activating group) is 2. The van der Waals surface area contributed by atoms with Crippen LogP contribution >= 0.6 is 0 Å². The predicted octanol–water partition coefficient (Wildman–Crippen LogP) is 2.81. The minimum Gasteiger partial charge on any atom is -0.496 e. The first-order valence-corrected chi connectivity index (χ1v) is 8.82. The zero-order chi connectivity index (χ0) is 17.3. The van der Waals surface area contributed by atoms with Crippen molar-refractivity contribution in [3.63, 3.8) is 0 Å². The summed E-state index contributed by atoms with van der Waals surface area (Å²) in [4.78, 5) is 16.8. The van der Waals surface area contributed by atoms with E-state index in [2.05, 4.69) is 30.4 Å². The highest BCUT2D eigenvalue weighted by atomic mass is 16.5. The topological polar surface area (TPSA) is 44.8 Å². The van der Waals surface area contributed by atoms with Crippen LogP contribution in [-0.2, 0) is 6.42 Å². The van der Waals surface area contributed by atoms with E-state index in [1.807, 2.05) is 24.1 Å². The highest BCUT2D eigenvalue weighted by Gasteiger charge is 2.41. The van der Waals surface area contributed by atoms with E-state index < -0.39 is 0 Å². The standard InChI is InChI=1S/C19H29N3O2/c1-21(2)19(11-6-12-19)13-22(3)18(23)20-16-10-9-15-14(16)7-5-8-17(15)24-4/h5,7-8,16H,6,9-13H2,1-4H3,(H,20,23)/t16-/m1/s1. The van der Waals surface area contributed by atoms with E-state index in [-0.39, 0.29) is 17.6 Å². The Morgan fingerprint density at radius 3 is 2.67 bits per heavy atom. The minimum atomic E-state index is 0.0174. The van der Waals surface area contributed by atoms with Crippen LogP contribution in [0.5, 0.6) is 5.75 Å². The Labute approximate surface area is 145 Å². The number of rotatable bonds is 5. The number of nitrogens with one attached hydrogen (secondary N) is 1. The van der Waals surface area contributed by atoms with Crippen molar-refractivity contribution in [3.05, 3.63) is 29.3 Å². The third-order valence-electron chi connectivity index (χ3n) is 5.86. The first kappa shape index (κ1) is 17.1. The van der Waals surface area contributed by atoms with Crippen LogP contribution in [-0.4, -0.2) is 56.2 Å². The lowest BCUT2D eigenvalue weighted by atomic mass is 9.75. The summed E-state index contributed by atoms with van der Waals surface area (Å²) in [6, 6.07) is 6.20. The Morgan fingerprint density at radius 2 is 2.08 bits per heavy atom. The van der Waals surface area contributed by atoms with Gasteiger partial charge in [-0.3, -0.25) is 0 Å². The van der Waals surface area contributed by atoms with Gasteiger partial charge in [0.25, 0.3) is 0 Å². The molecule has 2 aliphatic rings. The second-order valence-electron chi connectivity index (χ2n) is 7.40. The summed E-state index contributed by atoms with van der Waals surface area (Å²) in [6.45, 7) is 0.781. The van der Waals surface area contributed by atoms with E-state index in [0.29, 0.717) is 0 Å². The Bertz CT molecular complexity index is 611. The number of carbonyl (C=O) groups excluding carboxylic acids is 1. The van der Waals surface area contributed by atoms with E-state index >= 15 is 0 Å². The normalized spacial score (nSPS) is 21.1. The van der Waals surface area contributed by atoms with Crippen LogP contribution in [0, 0.1) is 0 Å². The van der Waals surface area contributed by atoms with Gasteiger partial charge in [-0.2, -0.15) is 0 Å². The molecular formula is C19H29N3O2. The maximum atomic E-state index is 12.7. The minimum absolute atomic E-state index is 0.0174. The van der Waals surface area contributed by atoms with Crippen molar-refractivity contribution in [2.24, 2.45) is 0 Å². The fourth-order valence-electron chi connectivity index (χ4n) is 4.07. The van der Waals surface area contributed by atoms with Crippen LogP contribution < -0.4 is 10.1 Å². The maximum Gasteiger partial charge on any atom is 0.317 e. The van der Waals surface area contributed by atoms with Gasteiger partial charge in [0.15, 0.2) is 0 Å². The lowest BCUT2D eigenvalue weighted by Crippen LogP contribution is -2.58. The third kappa shape index (κ3) is 2.97.